The molecule has 0 aromatic heterocycles. The van der Waals surface area contributed by atoms with Gasteiger partial charge in [-0.3, -0.25) is 0 Å². The molecule has 0 aliphatic heterocycles. The van der Waals surface area contributed by atoms with E-state index in [1.807, 2.05) is 0 Å². The van der Waals surface area contributed by atoms with Crippen LogP contribution in [-0.4, -0.2) is 5.38 Å². The summed E-state index contributed by atoms with van der Waals surface area (Å²) >= 11 is 6.34. The van der Waals surface area contributed by atoms with Crippen LogP contribution in [0.5, 0.6) is 0 Å². The zero-order valence-electron chi connectivity index (χ0n) is 7.70. The molecule has 66 valence electrons. The van der Waals surface area contributed by atoms with Crippen molar-refractivity contribution in [1.82, 2.24) is 0 Å². The van der Waals surface area contributed by atoms with Crippen LogP contribution in [0.15, 0.2) is 0 Å². The summed E-state index contributed by atoms with van der Waals surface area (Å²) in [6.07, 6.45) is 7.85. The maximum Gasteiger partial charge on any atom is 0.0392 e. The molecule has 1 atom stereocenters. The van der Waals surface area contributed by atoms with Crippen LogP contribution >= 0.6 is 11.6 Å². The number of rotatable bonds is 2. The van der Waals surface area contributed by atoms with Crippen LogP contribution < -0.4 is 0 Å². The highest BCUT2D eigenvalue weighted by molar-refractivity contribution is 6.21. The van der Waals surface area contributed by atoms with Crippen LogP contribution in [0.4, 0.5) is 0 Å². The average molecular weight is 175 g/mol. The molecule has 1 rings (SSSR count). The Labute approximate surface area is 75.3 Å². The molecule has 1 fully saturated rings. The Balaban J connectivity index is 2.61. The van der Waals surface area contributed by atoms with E-state index in [1.165, 1.54) is 38.5 Å². The van der Waals surface area contributed by atoms with Gasteiger partial charge in [-0.25, -0.2) is 0 Å². The molecule has 0 amide bonds. The molecule has 11 heavy (non-hydrogen) atoms. The maximum atomic E-state index is 6.34. The highest BCUT2D eigenvalue weighted by atomic mass is 35.5. The Bertz CT molecular complexity index is 116. The summed E-state index contributed by atoms with van der Waals surface area (Å²) < 4.78 is 0. The Morgan fingerprint density at radius 3 is 2.27 bits per heavy atom. The number of alkyl halides is 1. The lowest BCUT2D eigenvalue weighted by molar-refractivity contribution is 0.179. The highest BCUT2D eigenvalue weighted by Gasteiger charge is 2.36. The van der Waals surface area contributed by atoms with E-state index >= 15 is 0 Å². The minimum absolute atomic E-state index is 0.450. The SMILES string of the molecule is CCC1(CC)CCCCC1Cl. The fourth-order valence-corrected chi connectivity index (χ4v) is 2.88. The summed E-state index contributed by atoms with van der Waals surface area (Å²) in [4.78, 5) is 0. The topological polar surface area (TPSA) is 0 Å². The van der Waals surface area contributed by atoms with Gasteiger partial charge in [-0.15, -0.1) is 11.6 Å². The van der Waals surface area contributed by atoms with Crippen molar-refractivity contribution in [2.75, 3.05) is 0 Å². The van der Waals surface area contributed by atoms with Gasteiger partial charge in [0, 0.05) is 5.38 Å². The predicted octanol–water partition coefficient (Wildman–Crippen LogP) is 3.97. The molecule has 0 saturated heterocycles. The quantitative estimate of drug-likeness (QED) is 0.556. The molecule has 0 aromatic carbocycles. The second-order valence-corrected chi connectivity index (χ2v) is 4.31. The van der Waals surface area contributed by atoms with Crippen molar-refractivity contribution >= 4 is 11.6 Å². The van der Waals surface area contributed by atoms with E-state index in [9.17, 15) is 0 Å². The van der Waals surface area contributed by atoms with Gasteiger partial charge in [0.15, 0.2) is 0 Å². The molecule has 0 nitrogen and oxygen atoms in total. The molecule has 1 unspecified atom stereocenters. The van der Waals surface area contributed by atoms with E-state index < -0.39 is 0 Å². The van der Waals surface area contributed by atoms with Gasteiger partial charge in [-0.1, -0.05) is 26.7 Å². The summed E-state index contributed by atoms with van der Waals surface area (Å²) in [6.45, 7) is 4.56. The minimum atomic E-state index is 0.450. The molecule has 0 spiro atoms. The van der Waals surface area contributed by atoms with Crippen molar-refractivity contribution < 1.29 is 0 Å². The van der Waals surface area contributed by atoms with Gasteiger partial charge in [0.25, 0.3) is 0 Å². The molecule has 0 heterocycles. The molecular weight excluding hydrogens is 156 g/mol. The average Bonchev–Trinajstić information content (AvgIpc) is 2.06. The second kappa shape index (κ2) is 3.80. The molecule has 0 aromatic rings. The van der Waals surface area contributed by atoms with E-state index in [4.69, 9.17) is 11.6 Å². The standard InChI is InChI=1S/C10H19Cl/c1-3-10(4-2)8-6-5-7-9(10)11/h9H,3-8H2,1-2H3. The van der Waals surface area contributed by atoms with Crippen molar-refractivity contribution in [3.8, 4) is 0 Å². The van der Waals surface area contributed by atoms with Gasteiger partial charge in [-0.2, -0.15) is 0 Å². The van der Waals surface area contributed by atoms with Crippen LogP contribution in [-0.2, 0) is 0 Å². The summed E-state index contributed by atoms with van der Waals surface area (Å²) in [7, 11) is 0. The Morgan fingerprint density at radius 2 is 1.91 bits per heavy atom. The molecule has 1 aliphatic carbocycles. The van der Waals surface area contributed by atoms with Crippen LogP contribution in [0.2, 0.25) is 0 Å². The van der Waals surface area contributed by atoms with Crippen molar-refractivity contribution in [3.05, 3.63) is 0 Å². The van der Waals surface area contributed by atoms with Gasteiger partial charge < -0.3 is 0 Å². The molecule has 1 saturated carbocycles. The van der Waals surface area contributed by atoms with Crippen LogP contribution in [0.25, 0.3) is 0 Å². The van der Waals surface area contributed by atoms with E-state index in [0.29, 0.717) is 10.8 Å². The Kier molecular flexibility index (Phi) is 3.24. The molecule has 0 N–H and O–H groups in total. The van der Waals surface area contributed by atoms with Gasteiger partial charge in [0.05, 0.1) is 0 Å². The normalized spacial score (nSPS) is 30.3. The largest absolute Gasteiger partial charge is 0.122 e. The number of hydrogen-bond donors (Lipinski definition) is 0. The monoisotopic (exact) mass is 174 g/mol. The lowest BCUT2D eigenvalue weighted by Gasteiger charge is -2.40. The van der Waals surface area contributed by atoms with Crippen molar-refractivity contribution in [1.29, 1.82) is 0 Å². The summed E-state index contributed by atoms with van der Waals surface area (Å²) in [5.74, 6) is 0. The van der Waals surface area contributed by atoms with Gasteiger partial charge in [0.1, 0.15) is 0 Å². The lowest BCUT2D eigenvalue weighted by atomic mass is 9.70. The first kappa shape index (κ1) is 9.38. The van der Waals surface area contributed by atoms with E-state index in [-0.39, 0.29) is 0 Å². The van der Waals surface area contributed by atoms with Crippen molar-refractivity contribution in [2.45, 2.75) is 57.7 Å². The molecular formula is C10H19Cl. The third-order valence-electron chi connectivity index (χ3n) is 3.45. The predicted molar refractivity (Wildman–Crippen MR) is 51.1 cm³/mol. The van der Waals surface area contributed by atoms with E-state index in [2.05, 4.69) is 13.8 Å². The molecule has 1 aliphatic rings. The number of halogens is 1. The first-order valence-corrected chi connectivity index (χ1v) is 5.33. The summed E-state index contributed by atoms with van der Waals surface area (Å²) in [5.41, 5.74) is 0.486. The van der Waals surface area contributed by atoms with E-state index in [1.54, 1.807) is 0 Å². The van der Waals surface area contributed by atoms with Gasteiger partial charge >= 0.3 is 0 Å². The maximum absolute atomic E-state index is 6.34. The van der Waals surface area contributed by atoms with Gasteiger partial charge in [0.2, 0.25) is 0 Å². The fraction of sp³-hybridized carbons (Fsp3) is 1.00. The zero-order chi connectivity index (χ0) is 8.32. The minimum Gasteiger partial charge on any atom is -0.122 e. The first-order valence-electron chi connectivity index (χ1n) is 4.89. The third-order valence-corrected chi connectivity index (χ3v) is 4.14. The van der Waals surface area contributed by atoms with Gasteiger partial charge in [-0.05, 0) is 31.1 Å². The summed E-state index contributed by atoms with van der Waals surface area (Å²) in [6, 6.07) is 0. The van der Waals surface area contributed by atoms with Crippen LogP contribution in [0.1, 0.15) is 52.4 Å². The third kappa shape index (κ3) is 1.72. The molecule has 0 bridgehead atoms. The summed E-state index contributed by atoms with van der Waals surface area (Å²) in [5, 5.41) is 0.450. The fourth-order valence-electron chi connectivity index (χ4n) is 2.31. The van der Waals surface area contributed by atoms with Crippen LogP contribution in [0, 0.1) is 5.41 Å². The lowest BCUT2D eigenvalue weighted by Crippen LogP contribution is -2.33. The number of hydrogen-bond acceptors (Lipinski definition) is 0. The smallest absolute Gasteiger partial charge is 0.0392 e. The molecule has 0 radical (unpaired) electrons. The first-order chi connectivity index (χ1) is 5.25. The van der Waals surface area contributed by atoms with E-state index in [0.717, 1.165) is 0 Å². The van der Waals surface area contributed by atoms with Crippen molar-refractivity contribution in [3.63, 3.8) is 0 Å². The van der Waals surface area contributed by atoms with Crippen molar-refractivity contribution in [2.24, 2.45) is 5.41 Å². The van der Waals surface area contributed by atoms with Crippen LogP contribution in [0.3, 0.4) is 0 Å². The highest BCUT2D eigenvalue weighted by Crippen LogP contribution is 2.44. The Hall–Kier alpha value is 0.290. The second-order valence-electron chi connectivity index (χ2n) is 3.78. The Morgan fingerprint density at radius 1 is 1.27 bits per heavy atom. The zero-order valence-corrected chi connectivity index (χ0v) is 8.45. The molecule has 1 heteroatoms.